The molecule has 0 aliphatic carbocycles. The van der Waals surface area contributed by atoms with Crippen LogP contribution in [0.15, 0.2) is 6.07 Å². The van der Waals surface area contributed by atoms with E-state index in [1.165, 1.54) is 11.3 Å². The van der Waals surface area contributed by atoms with Gasteiger partial charge in [-0.3, -0.25) is 0 Å². The van der Waals surface area contributed by atoms with Crippen LogP contribution in [0.3, 0.4) is 0 Å². The van der Waals surface area contributed by atoms with Gasteiger partial charge in [-0.15, -0.1) is 11.3 Å². The van der Waals surface area contributed by atoms with Crippen LogP contribution in [-0.4, -0.2) is 18.3 Å². The molecule has 1 atom stereocenters. The smallest absolute Gasteiger partial charge is 0.0991 e. The van der Waals surface area contributed by atoms with E-state index >= 15 is 0 Å². The van der Waals surface area contributed by atoms with Crippen molar-refractivity contribution in [3.8, 4) is 0 Å². The Hall–Kier alpha value is 0.200. The standard InChI is InChI=1S/C9H13Cl2NOS/c1-6(12-3-2-4-13)7-5-8(10)14-9(7)11/h5-6,12-13H,2-4H2,1H3. The first kappa shape index (κ1) is 12.3. The van der Waals surface area contributed by atoms with Gasteiger partial charge in [-0.2, -0.15) is 0 Å². The van der Waals surface area contributed by atoms with Crippen LogP contribution in [-0.2, 0) is 0 Å². The number of aliphatic hydroxyl groups excluding tert-OH is 1. The molecule has 1 heterocycles. The van der Waals surface area contributed by atoms with Crippen LogP contribution in [0.1, 0.15) is 24.9 Å². The first-order valence-electron chi connectivity index (χ1n) is 4.44. The second-order valence-corrected chi connectivity index (χ2v) is 5.32. The van der Waals surface area contributed by atoms with Gasteiger partial charge >= 0.3 is 0 Å². The number of rotatable bonds is 5. The van der Waals surface area contributed by atoms with Gasteiger partial charge in [0.05, 0.1) is 8.67 Å². The van der Waals surface area contributed by atoms with Gasteiger partial charge < -0.3 is 10.4 Å². The second kappa shape index (κ2) is 5.93. The number of halogens is 2. The van der Waals surface area contributed by atoms with Crippen molar-refractivity contribution in [2.45, 2.75) is 19.4 Å². The summed E-state index contributed by atoms with van der Waals surface area (Å²) in [6.07, 6.45) is 0.750. The first-order valence-corrected chi connectivity index (χ1v) is 6.01. The first-order chi connectivity index (χ1) is 6.65. The van der Waals surface area contributed by atoms with E-state index in [-0.39, 0.29) is 12.6 Å². The molecule has 80 valence electrons. The van der Waals surface area contributed by atoms with Gasteiger partial charge in [0.2, 0.25) is 0 Å². The minimum atomic E-state index is 0.179. The maximum atomic E-state index is 8.62. The molecule has 0 aliphatic heterocycles. The van der Waals surface area contributed by atoms with Crippen LogP contribution in [0, 0.1) is 0 Å². The second-order valence-electron chi connectivity index (χ2n) is 3.03. The molecular weight excluding hydrogens is 241 g/mol. The van der Waals surface area contributed by atoms with Crippen molar-refractivity contribution in [2.24, 2.45) is 0 Å². The minimum absolute atomic E-state index is 0.179. The van der Waals surface area contributed by atoms with E-state index < -0.39 is 0 Å². The molecular formula is C9H13Cl2NOS. The maximum absolute atomic E-state index is 8.62. The van der Waals surface area contributed by atoms with E-state index in [0.717, 1.165) is 22.9 Å². The van der Waals surface area contributed by atoms with Crippen molar-refractivity contribution in [2.75, 3.05) is 13.2 Å². The van der Waals surface area contributed by atoms with Gasteiger partial charge in [0.15, 0.2) is 0 Å². The Morgan fingerprint density at radius 3 is 2.79 bits per heavy atom. The Kier molecular flexibility index (Phi) is 5.20. The molecule has 1 aromatic rings. The highest BCUT2D eigenvalue weighted by molar-refractivity contribution is 7.20. The Morgan fingerprint density at radius 1 is 1.57 bits per heavy atom. The third-order valence-electron chi connectivity index (χ3n) is 1.93. The van der Waals surface area contributed by atoms with Gasteiger partial charge in [0, 0.05) is 12.6 Å². The van der Waals surface area contributed by atoms with E-state index in [1.807, 2.05) is 13.0 Å². The SMILES string of the molecule is CC(NCCCO)c1cc(Cl)sc1Cl. The van der Waals surface area contributed by atoms with Crippen molar-refractivity contribution in [3.05, 3.63) is 20.3 Å². The molecule has 1 unspecified atom stereocenters. The predicted molar refractivity (Wildman–Crippen MR) is 62.5 cm³/mol. The molecule has 0 bridgehead atoms. The molecule has 14 heavy (non-hydrogen) atoms. The zero-order valence-electron chi connectivity index (χ0n) is 7.89. The highest BCUT2D eigenvalue weighted by Gasteiger charge is 2.12. The number of hydrogen-bond donors (Lipinski definition) is 2. The van der Waals surface area contributed by atoms with Crippen LogP contribution in [0.5, 0.6) is 0 Å². The van der Waals surface area contributed by atoms with Crippen LogP contribution in [0.25, 0.3) is 0 Å². The van der Waals surface area contributed by atoms with Crippen molar-refractivity contribution >= 4 is 34.5 Å². The molecule has 2 N–H and O–H groups in total. The van der Waals surface area contributed by atoms with Gasteiger partial charge in [0.25, 0.3) is 0 Å². The lowest BCUT2D eigenvalue weighted by molar-refractivity contribution is 0.284. The van der Waals surface area contributed by atoms with Crippen LogP contribution in [0.2, 0.25) is 8.67 Å². The molecule has 1 rings (SSSR count). The largest absolute Gasteiger partial charge is 0.396 e. The Labute approximate surface area is 97.8 Å². The molecule has 0 aromatic carbocycles. The number of aliphatic hydroxyl groups is 1. The molecule has 0 aliphatic rings. The summed E-state index contributed by atoms with van der Waals surface area (Å²) in [5.74, 6) is 0. The minimum Gasteiger partial charge on any atom is -0.396 e. The highest BCUT2D eigenvalue weighted by Crippen LogP contribution is 2.34. The third-order valence-corrected chi connectivity index (χ3v) is 3.45. The molecule has 1 aromatic heterocycles. The van der Waals surface area contributed by atoms with Crippen molar-refractivity contribution in [3.63, 3.8) is 0 Å². The highest BCUT2D eigenvalue weighted by atomic mass is 35.5. The number of thiophene rings is 1. The van der Waals surface area contributed by atoms with Gasteiger partial charge in [-0.1, -0.05) is 23.2 Å². The van der Waals surface area contributed by atoms with E-state index in [0.29, 0.717) is 4.34 Å². The zero-order chi connectivity index (χ0) is 10.6. The molecule has 0 saturated carbocycles. The van der Waals surface area contributed by atoms with Crippen molar-refractivity contribution < 1.29 is 5.11 Å². The quantitative estimate of drug-likeness (QED) is 0.791. The Bertz CT molecular complexity index is 290. The lowest BCUT2D eigenvalue weighted by atomic mass is 10.2. The molecule has 0 spiro atoms. The lowest BCUT2D eigenvalue weighted by Gasteiger charge is -2.12. The average Bonchev–Trinajstić information content (AvgIpc) is 2.45. The molecule has 0 amide bonds. The summed E-state index contributed by atoms with van der Waals surface area (Å²) in [5, 5.41) is 11.9. The molecule has 2 nitrogen and oxygen atoms in total. The Morgan fingerprint density at radius 2 is 2.29 bits per heavy atom. The molecule has 0 saturated heterocycles. The van der Waals surface area contributed by atoms with Crippen LogP contribution < -0.4 is 5.32 Å². The average molecular weight is 254 g/mol. The summed E-state index contributed by atoms with van der Waals surface area (Å²) in [4.78, 5) is 0. The monoisotopic (exact) mass is 253 g/mol. The van der Waals surface area contributed by atoms with E-state index in [4.69, 9.17) is 28.3 Å². The summed E-state index contributed by atoms with van der Waals surface area (Å²) in [6, 6.07) is 2.06. The fraction of sp³-hybridized carbons (Fsp3) is 0.556. The van der Waals surface area contributed by atoms with E-state index in [1.54, 1.807) is 0 Å². The summed E-state index contributed by atoms with van der Waals surface area (Å²) in [7, 11) is 0. The maximum Gasteiger partial charge on any atom is 0.0991 e. The number of hydrogen-bond acceptors (Lipinski definition) is 3. The van der Waals surface area contributed by atoms with Crippen LogP contribution >= 0.6 is 34.5 Å². The molecule has 5 heteroatoms. The van der Waals surface area contributed by atoms with E-state index in [2.05, 4.69) is 5.32 Å². The Balaban J connectivity index is 2.51. The zero-order valence-corrected chi connectivity index (χ0v) is 10.2. The van der Waals surface area contributed by atoms with Crippen LogP contribution in [0.4, 0.5) is 0 Å². The fourth-order valence-electron chi connectivity index (χ4n) is 1.16. The summed E-state index contributed by atoms with van der Waals surface area (Å²) in [6.45, 7) is 3.01. The topological polar surface area (TPSA) is 32.3 Å². The van der Waals surface area contributed by atoms with Crippen molar-refractivity contribution in [1.29, 1.82) is 0 Å². The molecule has 0 fully saturated rings. The van der Waals surface area contributed by atoms with Gasteiger partial charge in [0.1, 0.15) is 0 Å². The van der Waals surface area contributed by atoms with Gasteiger partial charge in [-0.25, -0.2) is 0 Å². The lowest BCUT2D eigenvalue weighted by Crippen LogP contribution is -2.20. The third kappa shape index (κ3) is 3.41. The van der Waals surface area contributed by atoms with E-state index in [9.17, 15) is 0 Å². The summed E-state index contributed by atoms with van der Waals surface area (Å²) < 4.78 is 1.44. The normalized spacial score (nSPS) is 13.1. The number of nitrogens with one attached hydrogen (secondary N) is 1. The predicted octanol–water partition coefficient (Wildman–Crippen LogP) is 3.09. The fourth-order valence-corrected chi connectivity index (χ4v) is 2.80. The van der Waals surface area contributed by atoms with Gasteiger partial charge in [-0.05, 0) is 31.5 Å². The summed E-state index contributed by atoms with van der Waals surface area (Å²) in [5.41, 5.74) is 1.03. The molecule has 0 radical (unpaired) electrons. The summed E-state index contributed by atoms with van der Waals surface area (Å²) >= 11 is 13.2. The van der Waals surface area contributed by atoms with Crippen molar-refractivity contribution in [1.82, 2.24) is 5.32 Å².